The van der Waals surface area contributed by atoms with Crippen LogP contribution in [-0.2, 0) is 4.79 Å². The summed E-state index contributed by atoms with van der Waals surface area (Å²) in [6.07, 6.45) is 0.141. The Balaban J connectivity index is 1.54. The summed E-state index contributed by atoms with van der Waals surface area (Å²) in [4.78, 5) is 24.3. The maximum atomic E-state index is 12.2. The highest BCUT2D eigenvalue weighted by Gasteiger charge is 2.10. The van der Waals surface area contributed by atoms with Gasteiger partial charge in [0.1, 0.15) is 23.0 Å². The molecule has 0 saturated carbocycles. The Hall–Kier alpha value is -3.80. The maximum absolute atomic E-state index is 12.2. The number of ether oxygens (including phenoxy) is 2. The van der Waals surface area contributed by atoms with Gasteiger partial charge in [-0.25, -0.2) is 0 Å². The normalized spacial score (nSPS) is 10.2. The van der Waals surface area contributed by atoms with Crippen molar-refractivity contribution in [3.8, 4) is 23.0 Å². The Labute approximate surface area is 168 Å². The van der Waals surface area contributed by atoms with Crippen LogP contribution in [0.3, 0.4) is 0 Å². The van der Waals surface area contributed by atoms with Crippen LogP contribution in [0.5, 0.6) is 23.0 Å². The van der Waals surface area contributed by atoms with Crippen LogP contribution in [0.4, 0.5) is 5.69 Å². The number of carbonyl (C=O) groups is 2. The molecule has 1 amide bonds. The lowest BCUT2D eigenvalue weighted by Gasteiger charge is -2.09. The van der Waals surface area contributed by atoms with E-state index in [1.165, 1.54) is 24.3 Å². The molecule has 0 heterocycles. The van der Waals surface area contributed by atoms with E-state index in [1.54, 1.807) is 55.6 Å². The van der Waals surface area contributed by atoms with Crippen molar-refractivity contribution in [3.63, 3.8) is 0 Å². The largest absolute Gasteiger partial charge is 0.508 e. The van der Waals surface area contributed by atoms with Gasteiger partial charge in [0.25, 0.3) is 0 Å². The number of amides is 1. The SMILES string of the molecule is COc1ccc(Oc2cccc(NC(=O)CCC(=O)c3ccc(O)cc3)c2)cc1. The van der Waals surface area contributed by atoms with Crippen LogP contribution in [0.1, 0.15) is 23.2 Å². The first-order valence-corrected chi connectivity index (χ1v) is 9.07. The Bertz CT molecular complexity index is 981. The smallest absolute Gasteiger partial charge is 0.224 e. The van der Waals surface area contributed by atoms with Gasteiger partial charge in [-0.3, -0.25) is 9.59 Å². The molecule has 6 heteroatoms. The first-order chi connectivity index (χ1) is 14.0. The standard InChI is InChI=1S/C23H21NO5/c1-28-19-9-11-20(12-10-19)29-21-4-2-3-17(15-21)24-23(27)14-13-22(26)16-5-7-18(25)8-6-16/h2-12,15,25H,13-14H2,1H3,(H,24,27). The molecule has 3 aromatic rings. The minimum Gasteiger partial charge on any atom is -0.508 e. The van der Waals surface area contributed by atoms with Crippen molar-refractivity contribution in [2.75, 3.05) is 12.4 Å². The van der Waals surface area contributed by atoms with Gasteiger partial charge >= 0.3 is 0 Å². The molecule has 0 bridgehead atoms. The third kappa shape index (κ3) is 5.84. The van der Waals surface area contributed by atoms with Gasteiger partial charge in [-0.05, 0) is 60.7 Å². The fourth-order valence-electron chi connectivity index (χ4n) is 2.66. The lowest BCUT2D eigenvalue weighted by Crippen LogP contribution is -2.13. The minimum absolute atomic E-state index is 0.0588. The van der Waals surface area contributed by atoms with Gasteiger partial charge in [0.05, 0.1) is 7.11 Å². The van der Waals surface area contributed by atoms with E-state index >= 15 is 0 Å². The van der Waals surface area contributed by atoms with Crippen LogP contribution in [-0.4, -0.2) is 23.9 Å². The van der Waals surface area contributed by atoms with E-state index in [2.05, 4.69) is 5.32 Å². The van der Waals surface area contributed by atoms with Crippen molar-refractivity contribution in [1.82, 2.24) is 0 Å². The zero-order valence-electron chi connectivity index (χ0n) is 15.9. The van der Waals surface area contributed by atoms with E-state index in [0.717, 1.165) is 5.75 Å². The molecule has 0 saturated heterocycles. The molecule has 0 radical (unpaired) electrons. The molecule has 0 aliphatic heterocycles. The highest BCUT2D eigenvalue weighted by molar-refractivity contribution is 6.00. The van der Waals surface area contributed by atoms with Crippen molar-refractivity contribution in [2.45, 2.75) is 12.8 Å². The monoisotopic (exact) mass is 391 g/mol. The second-order valence-corrected chi connectivity index (χ2v) is 6.32. The van der Waals surface area contributed by atoms with E-state index in [9.17, 15) is 14.7 Å². The highest BCUT2D eigenvalue weighted by atomic mass is 16.5. The van der Waals surface area contributed by atoms with Crippen LogP contribution >= 0.6 is 0 Å². The number of benzene rings is 3. The fourth-order valence-corrected chi connectivity index (χ4v) is 2.66. The predicted octanol–water partition coefficient (Wildman–Crippen LogP) is 4.79. The Morgan fingerprint density at radius 1 is 0.862 bits per heavy atom. The van der Waals surface area contributed by atoms with E-state index in [-0.39, 0.29) is 30.3 Å². The van der Waals surface area contributed by atoms with Crippen LogP contribution in [0.2, 0.25) is 0 Å². The fraction of sp³-hybridized carbons (Fsp3) is 0.130. The molecule has 29 heavy (non-hydrogen) atoms. The number of phenols is 1. The van der Waals surface area contributed by atoms with Crippen molar-refractivity contribution in [1.29, 1.82) is 0 Å². The molecule has 0 spiro atoms. The molecule has 0 aliphatic carbocycles. The maximum Gasteiger partial charge on any atom is 0.224 e. The number of ketones is 1. The molecule has 3 rings (SSSR count). The number of phenolic OH excluding ortho intramolecular Hbond substituents is 1. The summed E-state index contributed by atoms with van der Waals surface area (Å²) in [6.45, 7) is 0. The first-order valence-electron chi connectivity index (χ1n) is 9.07. The van der Waals surface area contributed by atoms with E-state index < -0.39 is 0 Å². The summed E-state index contributed by atoms with van der Waals surface area (Å²) < 4.78 is 10.9. The third-order valence-electron chi connectivity index (χ3n) is 4.18. The number of carbonyl (C=O) groups excluding carboxylic acids is 2. The van der Waals surface area contributed by atoms with E-state index in [0.29, 0.717) is 22.7 Å². The first kappa shape index (κ1) is 19.9. The zero-order valence-corrected chi connectivity index (χ0v) is 15.9. The van der Waals surface area contributed by atoms with Gasteiger partial charge in [-0.1, -0.05) is 6.07 Å². The van der Waals surface area contributed by atoms with Crippen LogP contribution < -0.4 is 14.8 Å². The summed E-state index contributed by atoms with van der Waals surface area (Å²) in [5.74, 6) is 1.63. The lowest BCUT2D eigenvalue weighted by atomic mass is 10.1. The molecule has 6 nitrogen and oxygen atoms in total. The molecular weight excluding hydrogens is 370 g/mol. The number of nitrogens with one attached hydrogen (secondary N) is 1. The molecule has 2 N–H and O–H groups in total. The second kappa shape index (κ2) is 9.41. The minimum atomic E-state index is -0.265. The third-order valence-corrected chi connectivity index (χ3v) is 4.18. The van der Waals surface area contributed by atoms with Gasteiger partial charge in [0, 0.05) is 30.2 Å². The molecular formula is C23H21NO5. The number of aromatic hydroxyl groups is 1. The summed E-state index contributed by atoms with van der Waals surface area (Å²) in [6, 6.07) is 20.2. The quantitative estimate of drug-likeness (QED) is 0.539. The average molecular weight is 391 g/mol. The van der Waals surface area contributed by atoms with Crippen LogP contribution in [0.15, 0.2) is 72.8 Å². The van der Waals surface area contributed by atoms with Crippen LogP contribution in [0, 0.1) is 0 Å². The summed E-state index contributed by atoms with van der Waals surface area (Å²) in [5, 5.41) is 12.0. The van der Waals surface area contributed by atoms with Crippen molar-refractivity contribution >= 4 is 17.4 Å². The summed E-state index contributed by atoms with van der Waals surface area (Å²) in [5.41, 5.74) is 1.04. The van der Waals surface area contributed by atoms with E-state index in [1.807, 2.05) is 0 Å². The zero-order chi connectivity index (χ0) is 20.6. The number of Topliss-reactive ketones (excluding diaryl/α,β-unsaturated/α-hetero) is 1. The molecule has 0 unspecified atom stereocenters. The molecule has 0 fully saturated rings. The lowest BCUT2D eigenvalue weighted by molar-refractivity contribution is -0.116. The molecule has 148 valence electrons. The summed E-state index contributed by atoms with van der Waals surface area (Å²) in [7, 11) is 1.60. The van der Waals surface area contributed by atoms with Gasteiger partial charge in [0.15, 0.2) is 5.78 Å². The predicted molar refractivity (Wildman–Crippen MR) is 110 cm³/mol. The number of hydrogen-bond donors (Lipinski definition) is 2. The molecule has 0 aliphatic rings. The Morgan fingerprint density at radius 2 is 1.55 bits per heavy atom. The summed E-state index contributed by atoms with van der Waals surface area (Å²) >= 11 is 0. The number of methoxy groups -OCH3 is 1. The van der Waals surface area contributed by atoms with Crippen LogP contribution in [0.25, 0.3) is 0 Å². The van der Waals surface area contributed by atoms with Crippen molar-refractivity contribution in [2.24, 2.45) is 0 Å². The van der Waals surface area contributed by atoms with Gasteiger partial charge in [-0.15, -0.1) is 0 Å². The number of rotatable bonds is 8. The van der Waals surface area contributed by atoms with Gasteiger partial charge in [0.2, 0.25) is 5.91 Å². The van der Waals surface area contributed by atoms with Gasteiger partial charge in [-0.2, -0.15) is 0 Å². The number of hydrogen-bond acceptors (Lipinski definition) is 5. The molecule has 0 atom stereocenters. The number of anilines is 1. The van der Waals surface area contributed by atoms with E-state index in [4.69, 9.17) is 9.47 Å². The van der Waals surface area contributed by atoms with Crippen molar-refractivity contribution in [3.05, 3.63) is 78.4 Å². The molecule has 0 aromatic heterocycles. The second-order valence-electron chi connectivity index (χ2n) is 6.32. The van der Waals surface area contributed by atoms with Crippen molar-refractivity contribution < 1.29 is 24.2 Å². The molecule has 3 aromatic carbocycles. The average Bonchev–Trinajstić information content (AvgIpc) is 2.73. The Morgan fingerprint density at radius 3 is 2.24 bits per heavy atom. The topological polar surface area (TPSA) is 84.9 Å². The Kier molecular flexibility index (Phi) is 6.47. The highest BCUT2D eigenvalue weighted by Crippen LogP contribution is 2.26. The van der Waals surface area contributed by atoms with Gasteiger partial charge < -0.3 is 19.9 Å².